The van der Waals surface area contributed by atoms with Gasteiger partial charge in [-0.05, 0) is 70.9 Å². The smallest absolute Gasteiger partial charge is 0.411 e. The van der Waals surface area contributed by atoms with Crippen LogP contribution in [-0.2, 0) is 22.4 Å². The van der Waals surface area contributed by atoms with Crippen LogP contribution >= 0.6 is 15.9 Å². The van der Waals surface area contributed by atoms with Gasteiger partial charge in [0.1, 0.15) is 12.1 Å². The number of ether oxygens (including phenoxy) is 2. The number of nitrogens with zero attached hydrogens (tertiary/aromatic N) is 1. The first-order valence-corrected chi connectivity index (χ1v) is 15.5. The Morgan fingerprint density at radius 1 is 0.886 bits per heavy atom. The molecule has 9 nitrogen and oxygen atoms in total. The van der Waals surface area contributed by atoms with E-state index in [1.54, 1.807) is 6.07 Å². The Balaban J connectivity index is 1.10. The molecule has 0 aliphatic heterocycles. The number of anilines is 2. The summed E-state index contributed by atoms with van der Waals surface area (Å²) < 4.78 is 13.5. The van der Waals surface area contributed by atoms with E-state index in [2.05, 4.69) is 38.8 Å². The van der Waals surface area contributed by atoms with E-state index in [0.717, 1.165) is 33.8 Å². The predicted octanol–water partition coefficient (Wildman–Crippen LogP) is 7.24. The topological polar surface area (TPSA) is 110 Å². The molecule has 3 N–H and O–H groups in total. The minimum atomic E-state index is -0.513. The molecule has 4 rings (SSSR count). The fourth-order valence-electron chi connectivity index (χ4n) is 4.68. The predicted molar refractivity (Wildman–Crippen MR) is 175 cm³/mol. The zero-order valence-electron chi connectivity index (χ0n) is 25.0. The first kappa shape index (κ1) is 32.5. The van der Waals surface area contributed by atoms with Crippen LogP contribution in [0.5, 0.6) is 0 Å². The highest BCUT2D eigenvalue weighted by Gasteiger charge is 2.14. The van der Waals surface area contributed by atoms with Crippen molar-refractivity contribution in [3.63, 3.8) is 0 Å². The van der Waals surface area contributed by atoms with E-state index in [1.807, 2.05) is 90.6 Å². The molecule has 0 aliphatic rings. The summed E-state index contributed by atoms with van der Waals surface area (Å²) in [5, 5.41) is 10.5. The summed E-state index contributed by atoms with van der Waals surface area (Å²) in [6.45, 7) is 5.25. The minimum absolute atomic E-state index is 0.142. The average Bonchev–Trinajstić information content (AvgIpc) is 3.00. The highest BCUT2D eigenvalue weighted by Crippen LogP contribution is 2.23. The van der Waals surface area contributed by atoms with E-state index in [-0.39, 0.29) is 25.2 Å². The van der Waals surface area contributed by atoms with Gasteiger partial charge >= 0.3 is 12.2 Å². The van der Waals surface area contributed by atoms with Crippen LogP contribution in [0, 0.1) is 0 Å². The zero-order chi connectivity index (χ0) is 31.3. The van der Waals surface area contributed by atoms with Gasteiger partial charge in [-0.2, -0.15) is 0 Å². The molecule has 1 aromatic heterocycles. The summed E-state index contributed by atoms with van der Waals surface area (Å²) in [6, 6.07) is 22.6. The molecule has 0 radical (unpaired) electrons. The lowest BCUT2D eigenvalue weighted by molar-refractivity contribution is -0.697. The molecule has 3 aromatic carbocycles. The SMILES string of the molecule is CCC[n+]1cc(Br)cc(C(=O)Nc2ccc(CCOC(=O)NC(C)CCCOC(=O)Nc3cccc4ccccc34)cc2)c1. The van der Waals surface area contributed by atoms with E-state index in [4.69, 9.17) is 9.47 Å². The molecule has 230 valence electrons. The van der Waals surface area contributed by atoms with Gasteiger partial charge in [0.2, 0.25) is 0 Å². The Morgan fingerprint density at radius 2 is 1.64 bits per heavy atom. The first-order valence-electron chi connectivity index (χ1n) is 14.8. The summed E-state index contributed by atoms with van der Waals surface area (Å²) in [4.78, 5) is 37.2. The second-order valence-electron chi connectivity index (χ2n) is 10.5. The van der Waals surface area contributed by atoms with Crippen LogP contribution in [0.2, 0.25) is 0 Å². The van der Waals surface area contributed by atoms with Crippen molar-refractivity contribution in [3.05, 3.63) is 101 Å². The lowest BCUT2D eigenvalue weighted by Gasteiger charge is -2.14. The Bertz CT molecular complexity index is 1570. The number of aromatic nitrogens is 1. The molecule has 1 unspecified atom stereocenters. The number of hydrogen-bond donors (Lipinski definition) is 3. The van der Waals surface area contributed by atoms with Gasteiger partial charge < -0.3 is 20.1 Å². The van der Waals surface area contributed by atoms with Crippen molar-refractivity contribution in [2.45, 2.75) is 52.1 Å². The number of benzene rings is 3. The molecular weight excluding hydrogens is 624 g/mol. The maximum atomic E-state index is 12.7. The number of hydrogen-bond acceptors (Lipinski definition) is 5. The Kier molecular flexibility index (Phi) is 12.1. The maximum absolute atomic E-state index is 12.7. The van der Waals surface area contributed by atoms with Crippen LogP contribution in [0.15, 0.2) is 89.7 Å². The van der Waals surface area contributed by atoms with Gasteiger partial charge in [0.05, 0.1) is 23.4 Å². The third-order valence-electron chi connectivity index (χ3n) is 6.87. The standard InChI is InChI=1S/C34H37BrN4O5/c1-3-18-39-22-27(21-28(35)23-39)32(40)37-29-15-13-25(14-16-29)17-20-44-33(41)36-24(2)8-7-19-43-34(42)38-31-12-6-10-26-9-4-5-11-30(26)31/h4-6,9-16,21-24H,3,7-8,17-20H2,1-2H3,(H2-,36,37,38,40,41,42)/p+1. The normalized spacial score (nSPS) is 11.4. The minimum Gasteiger partial charge on any atom is -0.449 e. The van der Waals surface area contributed by atoms with Crippen molar-refractivity contribution in [2.24, 2.45) is 0 Å². The van der Waals surface area contributed by atoms with Crippen LogP contribution in [-0.4, -0.2) is 37.3 Å². The number of halogens is 1. The Morgan fingerprint density at radius 3 is 2.43 bits per heavy atom. The van der Waals surface area contributed by atoms with Crippen LogP contribution < -0.4 is 20.5 Å². The monoisotopic (exact) mass is 661 g/mol. The van der Waals surface area contributed by atoms with E-state index < -0.39 is 12.2 Å². The van der Waals surface area contributed by atoms with Gasteiger partial charge in [0.25, 0.3) is 5.91 Å². The molecule has 0 fully saturated rings. The number of aryl methyl sites for hydroxylation is 1. The van der Waals surface area contributed by atoms with Crippen LogP contribution in [0.4, 0.5) is 21.0 Å². The zero-order valence-corrected chi connectivity index (χ0v) is 26.6. The van der Waals surface area contributed by atoms with Gasteiger partial charge in [-0.1, -0.05) is 55.5 Å². The highest BCUT2D eigenvalue weighted by atomic mass is 79.9. The molecule has 0 spiro atoms. The molecule has 3 amide bonds. The van der Waals surface area contributed by atoms with Crippen molar-refractivity contribution in [3.8, 4) is 0 Å². The fraction of sp³-hybridized carbons (Fsp3) is 0.294. The van der Waals surface area contributed by atoms with E-state index >= 15 is 0 Å². The largest absolute Gasteiger partial charge is 0.449 e. The van der Waals surface area contributed by atoms with E-state index in [0.29, 0.717) is 36.2 Å². The first-order chi connectivity index (χ1) is 21.3. The van der Waals surface area contributed by atoms with Crippen LogP contribution in [0.3, 0.4) is 0 Å². The quantitative estimate of drug-likeness (QED) is 0.103. The third kappa shape index (κ3) is 10.1. The van der Waals surface area contributed by atoms with Crippen molar-refractivity contribution in [2.75, 3.05) is 23.8 Å². The van der Waals surface area contributed by atoms with E-state index in [9.17, 15) is 14.4 Å². The fourth-order valence-corrected chi connectivity index (χ4v) is 5.19. The van der Waals surface area contributed by atoms with Gasteiger partial charge in [0, 0.05) is 30.0 Å². The summed E-state index contributed by atoms with van der Waals surface area (Å²) in [5.74, 6) is -0.186. The molecule has 10 heteroatoms. The van der Waals surface area contributed by atoms with E-state index in [1.165, 1.54) is 0 Å². The number of nitrogens with one attached hydrogen (secondary N) is 3. The van der Waals surface area contributed by atoms with Crippen LogP contribution in [0.1, 0.15) is 49.0 Å². The molecule has 44 heavy (non-hydrogen) atoms. The van der Waals surface area contributed by atoms with Gasteiger partial charge in [0.15, 0.2) is 12.4 Å². The highest BCUT2D eigenvalue weighted by molar-refractivity contribution is 9.10. The molecular formula is C34H38BrN4O5+. The molecule has 0 saturated heterocycles. The van der Waals surface area contributed by atoms with Crippen molar-refractivity contribution < 1.29 is 28.4 Å². The second-order valence-corrected chi connectivity index (χ2v) is 11.4. The summed E-state index contributed by atoms with van der Waals surface area (Å²) in [7, 11) is 0. The number of carbonyl (C=O) groups excluding carboxylic acids is 3. The summed E-state index contributed by atoms with van der Waals surface area (Å²) in [5.41, 5.74) is 2.93. The maximum Gasteiger partial charge on any atom is 0.411 e. The molecule has 0 bridgehead atoms. The summed E-state index contributed by atoms with van der Waals surface area (Å²) in [6.07, 6.45) is 5.51. The lowest BCUT2D eigenvalue weighted by Crippen LogP contribution is -2.34. The molecule has 1 atom stereocenters. The van der Waals surface area contributed by atoms with Crippen molar-refractivity contribution in [1.82, 2.24) is 5.32 Å². The van der Waals surface area contributed by atoms with Gasteiger partial charge in [-0.15, -0.1) is 0 Å². The number of amides is 3. The Hall–Kier alpha value is -4.44. The average molecular weight is 663 g/mol. The number of alkyl carbamates (subject to hydrolysis) is 1. The van der Waals surface area contributed by atoms with Gasteiger partial charge in [-0.3, -0.25) is 10.1 Å². The molecule has 0 aliphatic carbocycles. The molecule has 0 saturated carbocycles. The number of rotatable bonds is 13. The van der Waals surface area contributed by atoms with Crippen molar-refractivity contribution in [1.29, 1.82) is 0 Å². The van der Waals surface area contributed by atoms with Crippen molar-refractivity contribution >= 4 is 56.2 Å². The lowest BCUT2D eigenvalue weighted by atomic mass is 10.1. The number of carbonyl (C=O) groups is 3. The third-order valence-corrected chi connectivity index (χ3v) is 7.31. The molecule has 4 aromatic rings. The second kappa shape index (κ2) is 16.4. The summed E-state index contributed by atoms with van der Waals surface area (Å²) >= 11 is 3.47. The molecule has 1 heterocycles. The van der Waals surface area contributed by atoms with Gasteiger partial charge in [-0.25, -0.2) is 14.2 Å². The number of pyridine rings is 1. The Labute approximate surface area is 266 Å². The number of fused-ring (bicyclic) bond motifs is 1. The van der Waals surface area contributed by atoms with Crippen LogP contribution in [0.25, 0.3) is 10.8 Å².